The van der Waals surface area contributed by atoms with Gasteiger partial charge in [-0.1, -0.05) is 70.2 Å². The standard InChI is InChI=1S/C26H37NO2S/c1-3-20(4-2)19-26(17-11-6-12-18-26)25(29)27-22-15-9-10-16-23(22)30-24(28)21-13-7-5-8-14-21/h5,7,9-10,15-16,20-21H,3-4,6,8,11-14,17-19H2,1-2H3,(H,27,29). The minimum Gasteiger partial charge on any atom is -0.325 e. The average molecular weight is 428 g/mol. The van der Waals surface area contributed by atoms with Crippen LogP contribution in [0.5, 0.6) is 0 Å². The minimum absolute atomic E-state index is 0.0864. The number of hydrogen-bond acceptors (Lipinski definition) is 3. The summed E-state index contributed by atoms with van der Waals surface area (Å²) in [7, 11) is 0. The predicted molar refractivity (Wildman–Crippen MR) is 127 cm³/mol. The van der Waals surface area contributed by atoms with Gasteiger partial charge < -0.3 is 5.32 Å². The lowest BCUT2D eigenvalue weighted by Crippen LogP contribution is -2.39. The number of carbonyl (C=O) groups excluding carboxylic acids is 2. The molecule has 0 radical (unpaired) electrons. The molecule has 1 amide bonds. The van der Waals surface area contributed by atoms with E-state index in [9.17, 15) is 9.59 Å². The summed E-state index contributed by atoms with van der Waals surface area (Å²) in [5, 5.41) is 3.47. The Bertz CT molecular complexity index is 747. The number of carbonyl (C=O) groups is 2. The van der Waals surface area contributed by atoms with Crippen molar-refractivity contribution in [2.24, 2.45) is 17.3 Å². The van der Waals surface area contributed by atoms with Crippen molar-refractivity contribution in [1.29, 1.82) is 0 Å². The summed E-state index contributed by atoms with van der Waals surface area (Å²) in [5.41, 5.74) is 0.534. The van der Waals surface area contributed by atoms with Crippen molar-refractivity contribution in [1.82, 2.24) is 0 Å². The van der Waals surface area contributed by atoms with Crippen LogP contribution >= 0.6 is 11.8 Å². The van der Waals surface area contributed by atoms with Gasteiger partial charge in [0.2, 0.25) is 5.91 Å². The Balaban J connectivity index is 1.74. The van der Waals surface area contributed by atoms with E-state index in [-0.39, 0.29) is 22.4 Å². The SMILES string of the molecule is CCC(CC)CC1(C(=O)Nc2ccccc2SC(=O)C2CC=CCC2)CCCCC1. The summed E-state index contributed by atoms with van der Waals surface area (Å²) in [5.74, 6) is 0.845. The third-order valence-electron chi connectivity index (χ3n) is 7.07. The van der Waals surface area contributed by atoms with Crippen LogP contribution in [0.3, 0.4) is 0 Å². The molecule has 164 valence electrons. The van der Waals surface area contributed by atoms with Crippen LogP contribution < -0.4 is 5.32 Å². The lowest BCUT2D eigenvalue weighted by molar-refractivity contribution is -0.128. The molecule has 0 spiro atoms. The zero-order valence-corrected chi connectivity index (χ0v) is 19.4. The highest BCUT2D eigenvalue weighted by atomic mass is 32.2. The highest BCUT2D eigenvalue weighted by molar-refractivity contribution is 8.13. The highest BCUT2D eigenvalue weighted by Gasteiger charge is 2.40. The number of allylic oxidation sites excluding steroid dienone is 2. The number of rotatable bonds is 8. The van der Waals surface area contributed by atoms with E-state index in [1.807, 2.05) is 24.3 Å². The van der Waals surface area contributed by atoms with Gasteiger partial charge in [-0.05, 0) is 68.3 Å². The molecule has 0 aromatic heterocycles. The molecule has 1 saturated carbocycles. The molecule has 1 atom stereocenters. The van der Waals surface area contributed by atoms with Crippen molar-refractivity contribution in [3.8, 4) is 0 Å². The molecule has 1 aromatic rings. The summed E-state index contributed by atoms with van der Waals surface area (Å²) in [4.78, 5) is 27.3. The minimum atomic E-state index is -0.259. The van der Waals surface area contributed by atoms with Gasteiger partial charge in [0.15, 0.2) is 5.12 Å². The predicted octanol–water partition coefficient (Wildman–Crippen LogP) is 7.38. The molecule has 0 aliphatic heterocycles. The van der Waals surface area contributed by atoms with E-state index in [0.717, 1.165) is 74.8 Å². The molecule has 1 aromatic carbocycles. The second-order valence-electron chi connectivity index (χ2n) is 9.08. The molecule has 0 heterocycles. The van der Waals surface area contributed by atoms with Crippen molar-refractivity contribution >= 4 is 28.5 Å². The molecule has 3 nitrogen and oxygen atoms in total. The van der Waals surface area contributed by atoms with Crippen molar-refractivity contribution in [2.45, 2.75) is 89.4 Å². The van der Waals surface area contributed by atoms with Gasteiger partial charge in [0.25, 0.3) is 0 Å². The summed E-state index contributed by atoms with van der Waals surface area (Å²) in [6, 6.07) is 7.81. The van der Waals surface area contributed by atoms with Gasteiger partial charge in [-0.15, -0.1) is 0 Å². The number of benzene rings is 1. The second-order valence-corrected chi connectivity index (χ2v) is 10.1. The summed E-state index contributed by atoms with van der Waals surface area (Å²) in [6.45, 7) is 4.47. The first-order valence-corrected chi connectivity index (χ1v) is 12.7. The summed E-state index contributed by atoms with van der Waals surface area (Å²) in [6.07, 6.45) is 15.7. The first-order valence-electron chi connectivity index (χ1n) is 11.8. The van der Waals surface area contributed by atoms with Crippen molar-refractivity contribution in [2.75, 3.05) is 5.32 Å². The monoisotopic (exact) mass is 427 g/mol. The number of nitrogens with one attached hydrogen (secondary N) is 1. The largest absolute Gasteiger partial charge is 0.325 e. The Morgan fingerprint density at radius 3 is 2.50 bits per heavy atom. The molecular formula is C26H37NO2S. The smallest absolute Gasteiger partial charge is 0.230 e. The van der Waals surface area contributed by atoms with Gasteiger partial charge in [0.05, 0.1) is 5.69 Å². The lowest BCUT2D eigenvalue weighted by Gasteiger charge is -2.38. The van der Waals surface area contributed by atoms with Gasteiger partial charge in [0.1, 0.15) is 0 Å². The van der Waals surface area contributed by atoms with Crippen LogP contribution in [0.25, 0.3) is 0 Å². The normalized spacial score (nSPS) is 20.8. The van der Waals surface area contributed by atoms with E-state index in [0.29, 0.717) is 5.92 Å². The molecule has 2 aliphatic rings. The first kappa shape index (κ1) is 23.1. The number of thioether (sulfide) groups is 1. The van der Waals surface area contributed by atoms with Gasteiger partial charge in [-0.3, -0.25) is 9.59 Å². The van der Waals surface area contributed by atoms with Crippen molar-refractivity contribution in [3.05, 3.63) is 36.4 Å². The van der Waals surface area contributed by atoms with Gasteiger partial charge in [-0.25, -0.2) is 0 Å². The highest BCUT2D eigenvalue weighted by Crippen LogP contribution is 2.44. The van der Waals surface area contributed by atoms with E-state index < -0.39 is 0 Å². The maximum atomic E-state index is 13.6. The van der Waals surface area contributed by atoms with Crippen LogP contribution in [0.1, 0.15) is 84.5 Å². The maximum absolute atomic E-state index is 13.6. The molecular weight excluding hydrogens is 390 g/mol. The fraction of sp³-hybridized carbons (Fsp3) is 0.615. The van der Waals surface area contributed by atoms with Gasteiger partial charge in [0, 0.05) is 16.2 Å². The van der Waals surface area contributed by atoms with E-state index >= 15 is 0 Å². The van der Waals surface area contributed by atoms with Crippen LogP contribution in [-0.4, -0.2) is 11.0 Å². The Morgan fingerprint density at radius 1 is 1.10 bits per heavy atom. The Hall–Kier alpha value is -1.55. The summed E-state index contributed by atoms with van der Waals surface area (Å²) < 4.78 is 0. The molecule has 0 bridgehead atoms. The molecule has 1 N–H and O–H groups in total. The zero-order valence-electron chi connectivity index (χ0n) is 18.6. The van der Waals surface area contributed by atoms with Crippen molar-refractivity contribution < 1.29 is 9.59 Å². The third-order valence-corrected chi connectivity index (χ3v) is 8.19. The van der Waals surface area contributed by atoms with Crippen LogP contribution in [0, 0.1) is 17.3 Å². The average Bonchev–Trinajstić information content (AvgIpc) is 2.80. The fourth-order valence-corrected chi connectivity index (χ4v) is 5.97. The van der Waals surface area contributed by atoms with E-state index in [2.05, 4.69) is 31.3 Å². The van der Waals surface area contributed by atoms with Gasteiger partial charge >= 0.3 is 0 Å². The number of para-hydroxylation sites is 1. The van der Waals surface area contributed by atoms with Crippen LogP contribution in [0.2, 0.25) is 0 Å². The second kappa shape index (κ2) is 11.2. The Labute approximate surface area is 186 Å². The van der Waals surface area contributed by atoms with E-state index in [1.165, 1.54) is 18.2 Å². The number of amides is 1. The Kier molecular flexibility index (Phi) is 8.61. The molecule has 1 fully saturated rings. The molecule has 2 aliphatic carbocycles. The molecule has 30 heavy (non-hydrogen) atoms. The van der Waals surface area contributed by atoms with Crippen LogP contribution in [0.15, 0.2) is 41.3 Å². The molecule has 4 heteroatoms. The summed E-state index contributed by atoms with van der Waals surface area (Å²) >= 11 is 1.30. The molecule has 1 unspecified atom stereocenters. The van der Waals surface area contributed by atoms with Crippen molar-refractivity contribution in [3.63, 3.8) is 0 Å². The number of anilines is 1. The Morgan fingerprint density at radius 2 is 1.83 bits per heavy atom. The van der Waals surface area contributed by atoms with Gasteiger partial charge in [-0.2, -0.15) is 0 Å². The molecule has 0 saturated heterocycles. The fourth-order valence-electron chi connectivity index (χ4n) is 5.00. The van der Waals surface area contributed by atoms with E-state index in [1.54, 1.807) is 0 Å². The molecule has 3 rings (SSSR count). The maximum Gasteiger partial charge on any atom is 0.230 e. The van der Waals surface area contributed by atoms with E-state index in [4.69, 9.17) is 0 Å². The van der Waals surface area contributed by atoms with Crippen LogP contribution in [0.4, 0.5) is 5.69 Å². The topological polar surface area (TPSA) is 46.2 Å². The first-order chi connectivity index (χ1) is 14.6. The zero-order chi connectivity index (χ0) is 21.4. The number of hydrogen-bond donors (Lipinski definition) is 1. The lowest BCUT2D eigenvalue weighted by atomic mass is 9.67. The van der Waals surface area contributed by atoms with Crippen LogP contribution in [-0.2, 0) is 9.59 Å². The third kappa shape index (κ3) is 5.78. The quantitative estimate of drug-likeness (QED) is 0.348.